The summed E-state index contributed by atoms with van der Waals surface area (Å²) in [5.41, 5.74) is 1.44. The summed E-state index contributed by atoms with van der Waals surface area (Å²) in [7, 11) is -3.23. The van der Waals surface area contributed by atoms with Crippen LogP contribution in [0.3, 0.4) is 0 Å². The van der Waals surface area contributed by atoms with Crippen molar-refractivity contribution < 1.29 is 22.8 Å². The number of nitrogens with one attached hydrogen (secondary N) is 1. The molecule has 0 spiro atoms. The van der Waals surface area contributed by atoms with Crippen LogP contribution in [0.1, 0.15) is 38.2 Å². The van der Waals surface area contributed by atoms with Crippen molar-refractivity contribution in [3.63, 3.8) is 0 Å². The van der Waals surface area contributed by atoms with Crippen LogP contribution in [0.2, 0.25) is 0 Å². The van der Waals surface area contributed by atoms with Gasteiger partial charge in [-0.15, -0.1) is 0 Å². The Hall–Kier alpha value is -1.91. The van der Waals surface area contributed by atoms with Crippen LogP contribution in [0.25, 0.3) is 0 Å². The number of sulfonamides is 1. The summed E-state index contributed by atoms with van der Waals surface area (Å²) in [5, 5.41) is 2.64. The first-order valence-electron chi connectivity index (χ1n) is 10.1. The minimum Gasteiger partial charge on any atom is -0.326 e. The number of nitrogens with zero attached hydrogens (tertiary/aromatic N) is 2. The first-order valence-corrected chi connectivity index (χ1v) is 12.7. The van der Waals surface area contributed by atoms with E-state index in [4.69, 9.17) is 0 Å². The third-order valence-electron chi connectivity index (χ3n) is 5.38. The number of thioether (sulfide) groups is 1. The van der Waals surface area contributed by atoms with Crippen LogP contribution in [0, 0.1) is 5.92 Å². The lowest BCUT2D eigenvalue weighted by molar-refractivity contribution is -0.125. The predicted octanol–water partition coefficient (Wildman–Crippen LogP) is 2.66. The molecule has 3 amide bonds. The molecule has 2 aliphatic rings. The Morgan fingerprint density at radius 3 is 2.40 bits per heavy atom. The molecule has 1 aromatic rings. The van der Waals surface area contributed by atoms with Crippen LogP contribution < -0.4 is 5.32 Å². The van der Waals surface area contributed by atoms with Crippen LogP contribution in [0.4, 0.5) is 10.5 Å². The van der Waals surface area contributed by atoms with Crippen molar-refractivity contribution in [3.05, 3.63) is 29.8 Å². The van der Waals surface area contributed by atoms with Gasteiger partial charge in [0.1, 0.15) is 0 Å². The van der Waals surface area contributed by atoms with Gasteiger partial charge in [-0.2, -0.15) is 0 Å². The Bertz CT molecular complexity index is 878. The number of anilines is 1. The number of imide groups is 1. The van der Waals surface area contributed by atoms with Gasteiger partial charge in [0.25, 0.3) is 5.24 Å². The van der Waals surface area contributed by atoms with Gasteiger partial charge in [-0.25, -0.2) is 12.7 Å². The molecule has 2 heterocycles. The first kappa shape index (κ1) is 22.8. The predicted molar refractivity (Wildman–Crippen MR) is 116 cm³/mol. The second kappa shape index (κ2) is 9.93. The highest BCUT2D eigenvalue weighted by Crippen LogP contribution is 2.24. The summed E-state index contributed by atoms with van der Waals surface area (Å²) >= 11 is 1.00. The zero-order valence-corrected chi connectivity index (χ0v) is 18.6. The summed E-state index contributed by atoms with van der Waals surface area (Å²) < 4.78 is 26.1. The number of carbonyl (C=O) groups is 3. The molecule has 164 valence electrons. The molecular formula is C20H27N3O5S2. The lowest BCUT2D eigenvalue weighted by atomic mass is 9.97. The van der Waals surface area contributed by atoms with Crippen LogP contribution in [0.15, 0.2) is 24.3 Å². The Morgan fingerprint density at radius 2 is 1.83 bits per heavy atom. The highest BCUT2D eigenvalue weighted by molar-refractivity contribution is 8.14. The smallest absolute Gasteiger partial charge is 0.289 e. The lowest BCUT2D eigenvalue weighted by Gasteiger charge is -2.30. The maximum atomic E-state index is 12.6. The number of hydrogen-bond donors (Lipinski definition) is 1. The van der Waals surface area contributed by atoms with Gasteiger partial charge in [0.05, 0.1) is 18.1 Å². The molecular weight excluding hydrogens is 426 g/mol. The molecule has 0 saturated carbocycles. The average molecular weight is 454 g/mol. The minimum absolute atomic E-state index is 0.116. The molecule has 0 bridgehead atoms. The van der Waals surface area contributed by atoms with E-state index in [9.17, 15) is 22.8 Å². The number of rotatable bonds is 8. The van der Waals surface area contributed by atoms with Gasteiger partial charge in [0.2, 0.25) is 21.8 Å². The Balaban J connectivity index is 1.49. The lowest BCUT2D eigenvalue weighted by Crippen LogP contribution is -2.42. The number of amides is 3. The van der Waals surface area contributed by atoms with Crippen molar-refractivity contribution in [3.8, 4) is 0 Å². The standard InChI is InChI=1S/C20H27N3O5S2/c1-2-3-12-30(27,28)22-10-8-16(9-11-22)19(25)21-17-6-4-15(5-7-17)13-23-18(24)14-29-20(23)26/h4-7,16H,2-3,8-14H2,1H3,(H,21,25). The van der Waals surface area contributed by atoms with E-state index in [1.54, 1.807) is 24.3 Å². The fraction of sp³-hybridized carbons (Fsp3) is 0.550. The molecule has 0 radical (unpaired) electrons. The molecule has 30 heavy (non-hydrogen) atoms. The first-order chi connectivity index (χ1) is 14.3. The minimum atomic E-state index is -3.23. The average Bonchev–Trinajstić information content (AvgIpc) is 3.05. The van der Waals surface area contributed by atoms with E-state index in [1.165, 1.54) is 9.21 Å². The number of unbranched alkanes of at least 4 members (excludes halogenated alkanes) is 1. The van der Waals surface area contributed by atoms with Gasteiger partial charge in [-0.3, -0.25) is 19.3 Å². The summed E-state index contributed by atoms with van der Waals surface area (Å²) in [6.45, 7) is 2.94. The van der Waals surface area contributed by atoms with Crippen LogP contribution in [-0.2, 0) is 26.2 Å². The van der Waals surface area contributed by atoms with Crippen molar-refractivity contribution in [2.24, 2.45) is 5.92 Å². The van der Waals surface area contributed by atoms with Crippen molar-refractivity contribution in [2.75, 3.05) is 29.9 Å². The maximum Gasteiger partial charge on any atom is 0.289 e. The third-order valence-corrected chi connectivity index (χ3v) is 8.19. The van der Waals surface area contributed by atoms with Crippen LogP contribution >= 0.6 is 11.8 Å². The molecule has 10 heteroatoms. The van der Waals surface area contributed by atoms with E-state index >= 15 is 0 Å². The molecule has 2 aliphatic heterocycles. The number of hydrogen-bond acceptors (Lipinski definition) is 6. The summed E-state index contributed by atoms with van der Waals surface area (Å²) in [6, 6.07) is 7.05. The van der Waals surface area contributed by atoms with Crippen molar-refractivity contribution in [2.45, 2.75) is 39.2 Å². The Morgan fingerprint density at radius 1 is 1.17 bits per heavy atom. The topological polar surface area (TPSA) is 104 Å². The molecule has 0 atom stereocenters. The summed E-state index contributed by atoms with van der Waals surface area (Å²) in [5.74, 6) is -0.176. The van der Waals surface area contributed by atoms with Gasteiger partial charge in [-0.1, -0.05) is 37.2 Å². The summed E-state index contributed by atoms with van der Waals surface area (Å²) in [6.07, 6.45) is 2.50. The quantitative estimate of drug-likeness (QED) is 0.649. The fourth-order valence-corrected chi connectivity index (χ4v) is 5.91. The fourth-order valence-electron chi connectivity index (χ4n) is 3.51. The second-order valence-electron chi connectivity index (χ2n) is 7.56. The normalized spacial score (nSPS) is 18.8. The van der Waals surface area contributed by atoms with E-state index in [2.05, 4.69) is 5.32 Å². The zero-order valence-electron chi connectivity index (χ0n) is 17.0. The zero-order chi connectivity index (χ0) is 21.7. The summed E-state index contributed by atoms with van der Waals surface area (Å²) in [4.78, 5) is 37.2. The molecule has 0 unspecified atom stereocenters. The third kappa shape index (κ3) is 5.61. The molecule has 8 nitrogen and oxygen atoms in total. The molecule has 0 aliphatic carbocycles. The maximum absolute atomic E-state index is 12.6. The van der Waals surface area contributed by atoms with Crippen molar-refractivity contribution in [1.29, 1.82) is 0 Å². The van der Waals surface area contributed by atoms with Gasteiger partial charge in [0, 0.05) is 24.7 Å². The van der Waals surface area contributed by atoms with Gasteiger partial charge < -0.3 is 5.32 Å². The monoisotopic (exact) mass is 453 g/mol. The van der Waals surface area contributed by atoms with E-state index < -0.39 is 10.0 Å². The van der Waals surface area contributed by atoms with Crippen LogP contribution in [-0.4, -0.2) is 59.3 Å². The number of benzene rings is 1. The highest BCUT2D eigenvalue weighted by atomic mass is 32.2. The molecule has 3 rings (SSSR count). The molecule has 1 aromatic carbocycles. The van der Waals surface area contributed by atoms with Crippen molar-refractivity contribution >= 4 is 44.5 Å². The Kier molecular flexibility index (Phi) is 7.54. The van der Waals surface area contributed by atoms with E-state index in [-0.39, 0.29) is 41.0 Å². The van der Waals surface area contributed by atoms with Gasteiger partial charge >= 0.3 is 0 Å². The number of piperidine rings is 1. The molecule has 2 fully saturated rings. The highest BCUT2D eigenvalue weighted by Gasteiger charge is 2.31. The van der Waals surface area contributed by atoms with Crippen LogP contribution in [0.5, 0.6) is 0 Å². The molecule has 1 N–H and O–H groups in total. The van der Waals surface area contributed by atoms with E-state index in [0.717, 1.165) is 23.7 Å². The van der Waals surface area contributed by atoms with E-state index in [1.807, 2.05) is 6.92 Å². The number of carbonyl (C=O) groups excluding carboxylic acids is 3. The van der Waals surface area contributed by atoms with Gasteiger partial charge in [0.15, 0.2) is 0 Å². The second-order valence-corrected chi connectivity index (χ2v) is 10.6. The molecule has 0 aromatic heterocycles. The largest absolute Gasteiger partial charge is 0.326 e. The van der Waals surface area contributed by atoms with Gasteiger partial charge in [-0.05, 0) is 37.0 Å². The molecule has 2 saturated heterocycles. The Labute approximate surface area is 181 Å². The van der Waals surface area contributed by atoms with E-state index in [0.29, 0.717) is 38.0 Å². The van der Waals surface area contributed by atoms with Crippen molar-refractivity contribution in [1.82, 2.24) is 9.21 Å². The SMILES string of the molecule is CCCCS(=O)(=O)N1CCC(C(=O)Nc2ccc(CN3C(=O)CSC3=O)cc2)CC1.